The van der Waals surface area contributed by atoms with Crippen molar-refractivity contribution in [3.8, 4) is 0 Å². The van der Waals surface area contributed by atoms with E-state index in [1.54, 1.807) is 12.1 Å². The number of nitrogens with one attached hydrogen (secondary N) is 1. The van der Waals surface area contributed by atoms with Gasteiger partial charge in [0.1, 0.15) is 4.90 Å². The van der Waals surface area contributed by atoms with Gasteiger partial charge in [-0.25, -0.2) is 13.6 Å². The van der Waals surface area contributed by atoms with E-state index in [9.17, 15) is 8.42 Å². The lowest BCUT2D eigenvalue weighted by molar-refractivity contribution is 0.190. The highest BCUT2D eigenvalue weighted by Gasteiger charge is 2.24. The van der Waals surface area contributed by atoms with Crippen LogP contribution in [0.15, 0.2) is 23.1 Å². The predicted molar refractivity (Wildman–Crippen MR) is 81.0 cm³/mol. The Kier molecular flexibility index (Phi) is 4.22. The molecule has 1 heterocycles. The van der Waals surface area contributed by atoms with Crippen molar-refractivity contribution >= 4 is 21.4 Å². The fraction of sp³-hybridized carbons (Fsp3) is 0.538. The van der Waals surface area contributed by atoms with Crippen molar-refractivity contribution in [3.05, 3.63) is 18.2 Å². The maximum atomic E-state index is 11.5. The third-order valence-corrected chi connectivity index (χ3v) is 4.91. The van der Waals surface area contributed by atoms with Crippen molar-refractivity contribution in [2.45, 2.75) is 36.7 Å². The summed E-state index contributed by atoms with van der Waals surface area (Å²) in [6.45, 7) is 3.19. The Balaban J connectivity index is 2.19. The van der Waals surface area contributed by atoms with Gasteiger partial charge >= 0.3 is 0 Å². The zero-order chi connectivity index (χ0) is 14.9. The number of para-hydroxylation sites is 1. The van der Waals surface area contributed by atoms with E-state index in [0.717, 1.165) is 19.4 Å². The van der Waals surface area contributed by atoms with Crippen LogP contribution in [0.25, 0.3) is 0 Å². The molecule has 0 saturated carbocycles. The van der Waals surface area contributed by atoms with Crippen molar-refractivity contribution < 1.29 is 8.42 Å². The summed E-state index contributed by atoms with van der Waals surface area (Å²) in [5.74, 6) is 0. The van der Waals surface area contributed by atoms with Gasteiger partial charge in [0.25, 0.3) is 0 Å². The second kappa shape index (κ2) is 5.59. The van der Waals surface area contributed by atoms with Gasteiger partial charge in [-0.3, -0.25) is 0 Å². The largest absolute Gasteiger partial charge is 0.396 e. The number of anilines is 2. The molecule has 20 heavy (non-hydrogen) atoms. The molecule has 1 fully saturated rings. The summed E-state index contributed by atoms with van der Waals surface area (Å²) in [5.41, 5.74) is 6.75. The molecule has 0 radical (unpaired) electrons. The van der Waals surface area contributed by atoms with Gasteiger partial charge in [0, 0.05) is 18.6 Å². The standard InChI is InChI=1S/C13H22N4O2S/c1-9-8-10(6-7-17(9)2)16-11-4-3-5-12(13(11)14)20(15,18)19/h3-5,9-10,16H,6-8,14H2,1-2H3,(H2,15,18,19). The van der Waals surface area contributed by atoms with Crippen molar-refractivity contribution in [2.75, 3.05) is 24.6 Å². The summed E-state index contributed by atoms with van der Waals surface area (Å²) < 4.78 is 22.9. The number of benzene rings is 1. The molecule has 1 aliphatic heterocycles. The van der Waals surface area contributed by atoms with E-state index in [1.165, 1.54) is 6.07 Å². The van der Waals surface area contributed by atoms with Crippen LogP contribution in [0, 0.1) is 0 Å². The number of hydrogen-bond acceptors (Lipinski definition) is 5. The normalized spacial score (nSPS) is 24.6. The van der Waals surface area contributed by atoms with E-state index in [-0.39, 0.29) is 10.6 Å². The minimum absolute atomic E-state index is 0.0246. The van der Waals surface area contributed by atoms with Gasteiger partial charge in [0.05, 0.1) is 11.4 Å². The van der Waals surface area contributed by atoms with Gasteiger partial charge in [-0.2, -0.15) is 0 Å². The molecule has 2 atom stereocenters. The van der Waals surface area contributed by atoms with Gasteiger partial charge < -0.3 is 16.0 Å². The number of nitrogens with two attached hydrogens (primary N) is 2. The number of piperidine rings is 1. The minimum Gasteiger partial charge on any atom is -0.396 e. The van der Waals surface area contributed by atoms with Gasteiger partial charge in [-0.15, -0.1) is 0 Å². The van der Waals surface area contributed by atoms with Crippen LogP contribution in [0.5, 0.6) is 0 Å². The SMILES string of the molecule is CC1CC(Nc2cccc(S(N)(=O)=O)c2N)CCN1C. The Morgan fingerprint density at radius 2 is 2.10 bits per heavy atom. The third kappa shape index (κ3) is 3.23. The second-order valence-corrected chi connectivity index (χ2v) is 6.99. The first-order valence-corrected chi connectivity index (χ1v) is 8.21. The Bertz CT molecular complexity index is 588. The van der Waals surface area contributed by atoms with Crippen LogP contribution >= 0.6 is 0 Å². The lowest BCUT2D eigenvalue weighted by Crippen LogP contribution is -2.42. The number of rotatable bonds is 3. The van der Waals surface area contributed by atoms with E-state index in [2.05, 4.69) is 24.2 Å². The smallest absolute Gasteiger partial charge is 0.240 e. The number of nitrogens with zero attached hydrogens (tertiary/aromatic N) is 1. The molecule has 7 heteroatoms. The zero-order valence-electron chi connectivity index (χ0n) is 11.8. The highest BCUT2D eigenvalue weighted by Crippen LogP contribution is 2.28. The predicted octanol–water partition coefficient (Wildman–Crippen LogP) is 0.811. The first-order valence-electron chi connectivity index (χ1n) is 6.67. The Hall–Kier alpha value is -1.31. The van der Waals surface area contributed by atoms with Crippen LogP contribution < -0.4 is 16.2 Å². The molecule has 5 N–H and O–H groups in total. The minimum atomic E-state index is -3.79. The summed E-state index contributed by atoms with van der Waals surface area (Å²) >= 11 is 0. The van der Waals surface area contributed by atoms with Gasteiger partial charge in [-0.05, 0) is 38.9 Å². The van der Waals surface area contributed by atoms with Gasteiger partial charge in [0.15, 0.2) is 0 Å². The van der Waals surface area contributed by atoms with Crippen molar-refractivity contribution in [1.29, 1.82) is 0 Å². The van der Waals surface area contributed by atoms with E-state index in [0.29, 0.717) is 17.8 Å². The van der Waals surface area contributed by atoms with Crippen LogP contribution in [-0.4, -0.2) is 39.0 Å². The lowest BCUT2D eigenvalue weighted by Gasteiger charge is -2.36. The molecule has 1 aromatic carbocycles. The fourth-order valence-corrected chi connectivity index (χ4v) is 3.24. The first kappa shape index (κ1) is 15.1. The number of hydrogen-bond donors (Lipinski definition) is 3. The molecular formula is C13H22N4O2S. The summed E-state index contributed by atoms with van der Waals surface area (Å²) in [7, 11) is -1.68. The van der Waals surface area contributed by atoms with E-state index in [1.807, 2.05) is 0 Å². The van der Waals surface area contributed by atoms with Crippen LogP contribution in [-0.2, 0) is 10.0 Å². The maximum absolute atomic E-state index is 11.5. The fourth-order valence-electron chi connectivity index (χ4n) is 2.56. The van der Waals surface area contributed by atoms with Gasteiger partial charge in [-0.1, -0.05) is 6.07 Å². The van der Waals surface area contributed by atoms with E-state index in [4.69, 9.17) is 10.9 Å². The van der Waals surface area contributed by atoms with Crippen molar-refractivity contribution in [2.24, 2.45) is 5.14 Å². The van der Waals surface area contributed by atoms with E-state index < -0.39 is 10.0 Å². The molecule has 0 bridgehead atoms. The van der Waals surface area contributed by atoms with Crippen molar-refractivity contribution in [1.82, 2.24) is 4.90 Å². The molecule has 6 nitrogen and oxygen atoms in total. The molecule has 1 aromatic rings. The second-order valence-electron chi connectivity index (χ2n) is 5.46. The average molecular weight is 298 g/mol. The molecule has 0 aromatic heterocycles. The molecule has 2 unspecified atom stereocenters. The molecule has 1 aliphatic rings. The summed E-state index contributed by atoms with van der Waals surface area (Å²) in [5, 5.41) is 8.50. The summed E-state index contributed by atoms with van der Waals surface area (Å²) in [6.07, 6.45) is 2.00. The third-order valence-electron chi connectivity index (χ3n) is 3.94. The first-order chi connectivity index (χ1) is 9.29. The van der Waals surface area contributed by atoms with Crippen LogP contribution in [0.2, 0.25) is 0 Å². The zero-order valence-corrected chi connectivity index (χ0v) is 12.7. The summed E-state index contributed by atoms with van der Waals surface area (Å²) in [6, 6.07) is 5.64. The maximum Gasteiger partial charge on any atom is 0.240 e. The van der Waals surface area contributed by atoms with Crippen molar-refractivity contribution in [3.63, 3.8) is 0 Å². The summed E-state index contributed by atoms with van der Waals surface area (Å²) in [4.78, 5) is 2.28. The quantitative estimate of drug-likeness (QED) is 0.717. The monoisotopic (exact) mass is 298 g/mol. The molecule has 0 spiro atoms. The highest BCUT2D eigenvalue weighted by atomic mass is 32.2. The van der Waals surface area contributed by atoms with Crippen LogP contribution in [0.3, 0.4) is 0 Å². The average Bonchev–Trinajstić information content (AvgIpc) is 2.35. The lowest BCUT2D eigenvalue weighted by atomic mass is 9.98. The van der Waals surface area contributed by atoms with Gasteiger partial charge in [0.2, 0.25) is 10.0 Å². The molecule has 0 amide bonds. The number of nitrogen functional groups attached to an aromatic ring is 1. The molecular weight excluding hydrogens is 276 g/mol. The molecule has 1 saturated heterocycles. The molecule has 112 valence electrons. The van der Waals surface area contributed by atoms with Crippen LogP contribution in [0.4, 0.5) is 11.4 Å². The topological polar surface area (TPSA) is 101 Å². The molecule has 2 rings (SSSR count). The molecule has 0 aliphatic carbocycles. The number of likely N-dealkylation sites (tertiary alicyclic amines) is 1. The van der Waals surface area contributed by atoms with E-state index >= 15 is 0 Å². The van der Waals surface area contributed by atoms with Crippen LogP contribution in [0.1, 0.15) is 19.8 Å². The Morgan fingerprint density at radius 1 is 1.40 bits per heavy atom. The Morgan fingerprint density at radius 3 is 2.70 bits per heavy atom. The Labute approximate surface area is 120 Å². The number of primary sulfonamides is 1. The number of sulfonamides is 1. The highest BCUT2D eigenvalue weighted by molar-refractivity contribution is 7.89.